The van der Waals surface area contributed by atoms with Crippen LogP contribution in [-0.2, 0) is 4.79 Å². The van der Waals surface area contributed by atoms with Crippen LogP contribution in [0, 0.1) is 11.8 Å². The molecular weight excluding hydrogens is 188 g/mol. The van der Waals surface area contributed by atoms with Gasteiger partial charge in [0, 0.05) is 6.04 Å². The lowest BCUT2D eigenvalue weighted by Gasteiger charge is -2.21. The van der Waals surface area contributed by atoms with Crippen LogP contribution in [0.1, 0.15) is 46.5 Å². The van der Waals surface area contributed by atoms with Gasteiger partial charge in [0.15, 0.2) is 0 Å². The van der Waals surface area contributed by atoms with E-state index >= 15 is 0 Å². The molecule has 1 aliphatic rings. The Morgan fingerprint density at radius 3 is 2.47 bits per heavy atom. The second-order valence-electron chi connectivity index (χ2n) is 5.06. The topological polar surface area (TPSA) is 55.1 Å². The van der Waals surface area contributed by atoms with E-state index in [4.69, 9.17) is 5.73 Å². The minimum atomic E-state index is -0.363. The molecule has 1 amide bonds. The van der Waals surface area contributed by atoms with E-state index in [1.165, 1.54) is 12.8 Å². The number of rotatable bonds is 6. The molecule has 3 N–H and O–H groups in total. The number of hydrogen-bond donors (Lipinski definition) is 2. The lowest BCUT2D eigenvalue weighted by Crippen LogP contribution is -2.47. The van der Waals surface area contributed by atoms with Crippen LogP contribution in [0.15, 0.2) is 0 Å². The Balaban J connectivity index is 2.32. The minimum Gasteiger partial charge on any atom is -0.352 e. The molecule has 0 aromatic heterocycles. The van der Waals surface area contributed by atoms with Crippen molar-refractivity contribution in [3.8, 4) is 0 Å². The average molecular weight is 212 g/mol. The normalized spacial score (nSPS) is 20.1. The summed E-state index contributed by atoms with van der Waals surface area (Å²) in [7, 11) is 0. The van der Waals surface area contributed by atoms with Crippen LogP contribution in [0.5, 0.6) is 0 Å². The summed E-state index contributed by atoms with van der Waals surface area (Å²) in [5.41, 5.74) is 5.80. The molecule has 0 aliphatic heterocycles. The third-order valence-corrected chi connectivity index (χ3v) is 3.17. The highest BCUT2D eigenvalue weighted by molar-refractivity contribution is 5.81. The van der Waals surface area contributed by atoms with E-state index in [-0.39, 0.29) is 17.9 Å². The Hall–Kier alpha value is -0.570. The fraction of sp³-hybridized carbons (Fsp3) is 0.917. The molecule has 0 aromatic carbocycles. The van der Waals surface area contributed by atoms with Crippen molar-refractivity contribution in [1.82, 2.24) is 5.32 Å². The van der Waals surface area contributed by atoms with Crippen LogP contribution in [-0.4, -0.2) is 18.0 Å². The summed E-state index contributed by atoms with van der Waals surface area (Å²) in [4.78, 5) is 11.7. The Morgan fingerprint density at radius 1 is 1.47 bits per heavy atom. The number of nitrogens with two attached hydrogens (primary N) is 1. The molecule has 88 valence electrons. The van der Waals surface area contributed by atoms with Gasteiger partial charge in [-0.3, -0.25) is 4.79 Å². The van der Waals surface area contributed by atoms with Gasteiger partial charge < -0.3 is 11.1 Å². The number of nitrogens with one attached hydrogen (secondary N) is 1. The maximum Gasteiger partial charge on any atom is 0.237 e. The van der Waals surface area contributed by atoms with E-state index in [2.05, 4.69) is 12.2 Å². The van der Waals surface area contributed by atoms with E-state index in [9.17, 15) is 4.79 Å². The van der Waals surface area contributed by atoms with E-state index in [0.29, 0.717) is 6.04 Å². The zero-order valence-electron chi connectivity index (χ0n) is 10.1. The molecule has 1 aliphatic carbocycles. The maximum absolute atomic E-state index is 11.7. The van der Waals surface area contributed by atoms with Gasteiger partial charge in [-0.05, 0) is 24.7 Å². The molecule has 2 atom stereocenters. The van der Waals surface area contributed by atoms with Crippen molar-refractivity contribution in [3.05, 3.63) is 0 Å². The zero-order chi connectivity index (χ0) is 11.4. The van der Waals surface area contributed by atoms with Gasteiger partial charge in [0.2, 0.25) is 5.91 Å². The third-order valence-electron chi connectivity index (χ3n) is 3.17. The zero-order valence-corrected chi connectivity index (χ0v) is 10.1. The maximum atomic E-state index is 11.7. The molecule has 0 radical (unpaired) electrons. The number of carbonyl (C=O) groups is 1. The van der Waals surface area contributed by atoms with E-state index in [1.807, 2.05) is 13.8 Å². The fourth-order valence-corrected chi connectivity index (χ4v) is 1.68. The van der Waals surface area contributed by atoms with Gasteiger partial charge in [0.1, 0.15) is 0 Å². The Bertz CT molecular complexity index is 212. The summed E-state index contributed by atoms with van der Waals surface area (Å²) in [6, 6.07) is -0.0342. The first kappa shape index (κ1) is 12.5. The first-order valence-electron chi connectivity index (χ1n) is 6.10. The first-order chi connectivity index (χ1) is 7.04. The van der Waals surface area contributed by atoms with Crippen molar-refractivity contribution in [2.75, 3.05) is 0 Å². The molecule has 0 heterocycles. The molecule has 3 nitrogen and oxygen atoms in total. The van der Waals surface area contributed by atoms with Gasteiger partial charge >= 0.3 is 0 Å². The third kappa shape index (κ3) is 4.20. The Labute approximate surface area is 92.8 Å². The summed E-state index contributed by atoms with van der Waals surface area (Å²) < 4.78 is 0. The quantitative estimate of drug-likeness (QED) is 0.703. The lowest BCUT2D eigenvalue weighted by molar-refractivity contribution is -0.124. The highest BCUT2D eigenvalue weighted by atomic mass is 16.2. The van der Waals surface area contributed by atoms with Gasteiger partial charge in [0.05, 0.1) is 6.04 Å². The van der Waals surface area contributed by atoms with Gasteiger partial charge in [-0.2, -0.15) is 0 Å². The van der Waals surface area contributed by atoms with Crippen molar-refractivity contribution >= 4 is 5.91 Å². The van der Waals surface area contributed by atoms with Crippen molar-refractivity contribution in [2.45, 2.75) is 58.5 Å². The van der Waals surface area contributed by atoms with Crippen molar-refractivity contribution < 1.29 is 4.79 Å². The van der Waals surface area contributed by atoms with E-state index in [1.54, 1.807) is 0 Å². The smallest absolute Gasteiger partial charge is 0.237 e. The van der Waals surface area contributed by atoms with Crippen molar-refractivity contribution in [3.63, 3.8) is 0 Å². The highest BCUT2D eigenvalue weighted by Crippen LogP contribution is 2.34. The van der Waals surface area contributed by atoms with Crippen molar-refractivity contribution in [2.24, 2.45) is 17.6 Å². The Morgan fingerprint density at radius 2 is 2.07 bits per heavy atom. The molecule has 0 saturated heterocycles. The molecule has 15 heavy (non-hydrogen) atoms. The van der Waals surface area contributed by atoms with Crippen LogP contribution in [0.25, 0.3) is 0 Å². The average Bonchev–Trinajstić information content (AvgIpc) is 2.99. The molecule has 1 unspecified atom stereocenters. The predicted molar refractivity (Wildman–Crippen MR) is 62.4 cm³/mol. The van der Waals surface area contributed by atoms with Crippen LogP contribution in [0.4, 0.5) is 0 Å². The van der Waals surface area contributed by atoms with Crippen LogP contribution in [0.2, 0.25) is 0 Å². The summed E-state index contributed by atoms with van der Waals surface area (Å²) >= 11 is 0. The lowest BCUT2D eigenvalue weighted by atomic mass is 10.0. The molecule has 0 bridgehead atoms. The fourth-order valence-electron chi connectivity index (χ4n) is 1.68. The molecule has 0 aromatic rings. The summed E-state index contributed by atoms with van der Waals surface area (Å²) in [5.74, 6) is 1.08. The monoisotopic (exact) mass is 212 g/mol. The molecule has 1 fully saturated rings. The van der Waals surface area contributed by atoms with Gasteiger partial charge in [-0.15, -0.1) is 0 Å². The summed E-state index contributed by atoms with van der Waals surface area (Å²) in [6.07, 6.45) is 4.81. The highest BCUT2D eigenvalue weighted by Gasteiger charge is 2.27. The summed E-state index contributed by atoms with van der Waals surface area (Å²) in [6.45, 7) is 6.08. The molecular formula is C12H24N2O. The van der Waals surface area contributed by atoms with Crippen LogP contribution < -0.4 is 11.1 Å². The predicted octanol–water partition coefficient (Wildman–Crippen LogP) is 1.66. The van der Waals surface area contributed by atoms with Crippen LogP contribution in [0.3, 0.4) is 0 Å². The van der Waals surface area contributed by atoms with Gasteiger partial charge in [-0.1, -0.05) is 33.6 Å². The number of carbonyl (C=O) groups excluding carboxylic acids is 1. The van der Waals surface area contributed by atoms with Gasteiger partial charge in [-0.25, -0.2) is 0 Å². The second kappa shape index (κ2) is 5.50. The van der Waals surface area contributed by atoms with Crippen molar-refractivity contribution in [1.29, 1.82) is 0 Å². The molecule has 3 heteroatoms. The summed E-state index contributed by atoms with van der Waals surface area (Å²) in [5, 5.41) is 3.06. The SMILES string of the molecule is CCC(CC1CC1)NC(=O)[C@@H](N)C(C)C. The minimum absolute atomic E-state index is 0.0116. The largest absolute Gasteiger partial charge is 0.352 e. The molecule has 0 spiro atoms. The van der Waals surface area contributed by atoms with E-state index < -0.39 is 0 Å². The number of amides is 1. The molecule has 1 saturated carbocycles. The number of hydrogen-bond acceptors (Lipinski definition) is 2. The van der Waals surface area contributed by atoms with E-state index in [0.717, 1.165) is 18.8 Å². The van der Waals surface area contributed by atoms with Crippen LogP contribution >= 0.6 is 0 Å². The Kier molecular flexibility index (Phi) is 4.58. The molecule has 1 rings (SSSR count). The first-order valence-corrected chi connectivity index (χ1v) is 6.10. The van der Waals surface area contributed by atoms with Gasteiger partial charge in [0.25, 0.3) is 0 Å². The standard InChI is InChI=1S/C12H24N2O/c1-4-10(7-9-5-6-9)14-12(15)11(13)8(2)3/h8-11H,4-7,13H2,1-3H3,(H,14,15)/t10?,11-/m0/s1. The second-order valence-corrected chi connectivity index (χ2v) is 5.06.